The molecule has 5 N–H and O–H groups in total. The van der Waals surface area contributed by atoms with Gasteiger partial charge in [0.1, 0.15) is 23.6 Å². The van der Waals surface area contributed by atoms with Crippen LogP contribution < -0.4 is 11.4 Å². The summed E-state index contributed by atoms with van der Waals surface area (Å²) in [5.74, 6) is 0.0502. The highest BCUT2D eigenvalue weighted by molar-refractivity contribution is 5.23. The molecule has 8 nitrogen and oxygen atoms in total. The highest BCUT2D eigenvalue weighted by atomic mass is 16.6. The number of nitrogens with two attached hydrogens (primary N) is 1. The Hall–Kier alpha value is -1.48. The van der Waals surface area contributed by atoms with Crippen LogP contribution in [0.5, 0.6) is 0 Å². The maximum absolute atomic E-state index is 11.6. The van der Waals surface area contributed by atoms with Gasteiger partial charge in [0, 0.05) is 6.20 Å². The number of rotatable bonds is 2. The van der Waals surface area contributed by atoms with Gasteiger partial charge in [0.05, 0.1) is 6.61 Å². The third-order valence-corrected chi connectivity index (χ3v) is 3.12. The molecule has 18 heavy (non-hydrogen) atoms. The Labute approximate surface area is 102 Å². The first kappa shape index (κ1) is 13.0. The summed E-state index contributed by atoms with van der Waals surface area (Å²) in [6.45, 7) is 0.853. The predicted octanol–water partition coefficient (Wildman–Crippen LogP) is -2.17. The molecule has 8 heteroatoms. The highest BCUT2D eigenvalue weighted by Crippen LogP contribution is 2.35. The second-order valence-electron chi connectivity index (χ2n) is 4.41. The van der Waals surface area contributed by atoms with Crippen LogP contribution in [-0.4, -0.2) is 49.3 Å². The average Bonchev–Trinajstić information content (AvgIpc) is 2.52. The van der Waals surface area contributed by atoms with Crippen molar-refractivity contribution in [3.05, 3.63) is 22.7 Å². The van der Waals surface area contributed by atoms with Gasteiger partial charge in [-0.1, -0.05) is 0 Å². The van der Waals surface area contributed by atoms with Crippen molar-refractivity contribution in [1.82, 2.24) is 9.55 Å². The Balaban J connectivity index is 2.38. The van der Waals surface area contributed by atoms with E-state index in [4.69, 9.17) is 15.6 Å². The first-order chi connectivity index (χ1) is 8.37. The molecular formula is C10H15N3O5. The van der Waals surface area contributed by atoms with Crippen LogP contribution in [0.1, 0.15) is 13.2 Å². The maximum atomic E-state index is 11.6. The van der Waals surface area contributed by atoms with Crippen LogP contribution in [0.3, 0.4) is 0 Å². The molecule has 2 rings (SSSR count). The summed E-state index contributed by atoms with van der Waals surface area (Å²) in [5, 5.41) is 29.0. The molecule has 0 amide bonds. The molecule has 1 aliphatic rings. The average molecular weight is 257 g/mol. The minimum atomic E-state index is -1.65. The van der Waals surface area contributed by atoms with E-state index in [0.717, 1.165) is 4.57 Å². The molecule has 0 radical (unpaired) electrons. The van der Waals surface area contributed by atoms with Gasteiger partial charge in [-0.15, -0.1) is 0 Å². The fourth-order valence-electron chi connectivity index (χ4n) is 1.92. The molecular weight excluding hydrogens is 242 g/mol. The predicted molar refractivity (Wildman–Crippen MR) is 60.5 cm³/mol. The first-order valence-corrected chi connectivity index (χ1v) is 5.39. The molecule has 1 fully saturated rings. The molecule has 1 saturated heterocycles. The third kappa shape index (κ3) is 1.89. The number of ether oxygens (including phenoxy) is 1. The van der Waals surface area contributed by atoms with Crippen LogP contribution in [0, 0.1) is 0 Å². The first-order valence-electron chi connectivity index (χ1n) is 5.39. The van der Waals surface area contributed by atoms with Crippen LogP contribution in [0.4, 0.5) is 5.82 Å². The van der Waals surface area contributed by atoms with Gasteiger partial charge in [0.25, 0.3) is 0 Å². The standard InChI is InChI=1S/C10H15N3O5/c1-10(17)5(4-14)18-8(7(10)15)13-3-2-6(11)12-9(13)16/h2-3,5,7-8,14-15,17H,4H2,1H3,(H2,11,12,16)/t5-,7?,8-,10?/m1/s1. The Morgan fingerprint density at radius 2 is 2.33 bits per heavy atom. The van der Waals surface area contributed by atoms with E-state index in [9.17, 15) is 15.0 Å². The van der Waals surface area contributed by atoms with Crippen molar-refractivity contribution in [3.63, 3.8) is 0 Å². The number of aliphatic hydroxyl groups is 3. The number of nitrogens with zero attached hydrogens (tertiary/aromatic N) is 2. The number of hydrogen-bond donors (Lipinski definition) is 4. The van der Waals surface area contributed by atoms with Gasteiger partial charge < -0.3 is 25.8 Å². The van der Waals surface area contributed by atoms with Crippen molar-refractivity contribution in [3.8, 4) is 0 Å². The molecule has 2 unspecified atom stereocenters. The molecule has 0 aromatic carbocycles. The largest absolute Gasteiger partial charge is 0.394 e. The monoisotopic (exact) mass is 257 g/mol. The van der Waals surface area contributed by atoms with E-state index < -0.39 is 36.3 Å². The van der Waals surface area contributed by atoms with Gasteiger partial charge in [0.15, 0.2) is 6.23 Å². The molecule has 0 aliphatic carbocycles. The van der Waals surface area contributed by atoms with Crippen molar-refractivity contribution < 1.29 is 20.1 Å². The topological polar surface area (TPSA) is 131 Å². The summed E-state index contributed by atoms with van der Waals surface area (Å²) in [5.41, 5.74) is 3.00. The van der Waals surface area contributed by atoms with E-state index in [1.807, 2.05) is 0 Å². The van der Waals surface area contributed by atoms with Crippen LogP contribution >= 0.6 is 0 Å². The molecule has 0 saturated carbocycles. The van der Waals surface area contributed by atoms with Crippen LogP contribution in [0.2, 0.25) is 0 Å². The van der Waals surface area contributed by atoms with Gasteiger partial charge in [0.2, 0.25) is 0 Å². The van der Waals surface area contributed by atoms with Crippen LogP contribution in [-0.2, 0) is 4.74 Å². The van der Waals surface area contributed by atoms with E-state index in [1.165, 1.54) is 19.2 Å². The lowest BCUT2D eigenvalue weighted by molar-refractivity contribution is -0.0807. The Bertz CT molecular complexity index is 501. The smallest absolute Gasteiger partial charge is 0.351 e. The molecule has 1 aromatic rings. The van der Waals surface area contributed by atoms with Gasteiger partial charge >= 0.3 is 5.69 Å². The summed E-state index contributed by atoms with van der Waals surface area (Å²) in [6.07, 6.45) is -2.15. The normalized spacial score (nSPS) is 35.9. The number of nitrogen functional groups attached to an aromatic ring is 1. The van der Waals surface area contributed by atoms with E-state index in [2.05, 4.69) is 4.98 Å². The van der Waals surface area contributed by atoms with E-state index >= 15 is 0 Å². The van der Waals surface area contributed by atoms with E-state index in [-0.39, 0.29) is 5.82 Å². The molecule has 100 valence electrons. The van der Waals surface area contributed by atoms with Crippen molar-refractivity contribution in [1.29, 1.82) is 0 Å². The zero-order valence-electron chi connectivity index (χ0n) is 9.72. The SMILES string of the molecule is CC1(O)C(O)[C@H](n2ccc(N)nc2=O)O[C@@H]1CO. The Morgan fingerprint density at radius 1 is 1.67 bits per heavy atom. The summed E-state index contributed by atoms with van der Waals surface area (Å²) < 4.78 is 6.30. The van der Waals surface area contributed by atoms with Crippen LogP contribution in [0.15, 0.2) is 17.1 Å². The maximum Gasteiger partial charge on any atom is 0.351 e. The number of aromatic nitrogens is 2. The summed E-state index contributed by atoms with van der Waals surface area (Å²) >= 11 is 0. The lowest BCUT2D eigenvalue weighted by Crippen LogP contribution is -2.46. The lowest BCUT2D eigenvalue weighted by Gasteiger charge is -2.25. The van der Waals surface area contributed by atoms with Gasteiger partial charge in [-0.3, -0.25) is 4.57 Å². The summed E-state index contributed by atoms with van der Waals surface area (Å²) in [6, 6.07) is 1.37. The second-order valence-corrected chi connectivity index (χ2v) is 4.41. The minimum absolute atomic E-state index is 0.0502. The summed E-state index contributed by atoms with van der Waals surface area (Å²) in [4.78, 5) is 15.1. The molecule has 0 spiro atoms. The van der Waals surface area contributed by atoms with Gasteiger partial charge in [-0.05, 0) is 13.0 Å². The molecule has 1 aromatic heterocycles. The fraction of sp³-hybridized carbons (Fsp3) is 0.600. The molecule has 2 heterocycles. The zero-order valence-corrected chi connectivity index (χ0v) is 9.72. The van der Waals surface area contributed by atoms with Gasteiger partial charge in [-0.2, -0.15) is 4.98 Å². The summed E-state index contributed by atoms with van der Waals surface area (Å²) in [7, 11) is 0. The van der Waals surface area contributed by atoms with E-state index in [1.54, 1.807) is 0 Å². The van der Waals surface area contributed by atoms with Crippen molar-refractivity contribution in [2.45, 2.75) is 31.0 Å². The minimum Gasteiger partial charge on any atom is -0.394 e. The third-order valence-electron chi connectivity index (χ3n) is 3.12. The fourth-order valence-corrected chi connectivity index (χ4v) is 1.92. The second kappa shape index (κ2) is 4.32. The van der Waals surface area contributed by atoms with Crippen LogP contribution in [0.25, 0.3) is 0 Å². The highest BCUT2D eigenvalue weighted by Gasteiger charge is 2.52. The quantitative estimate of drug-likeness (QED) is 0.474. The Morgan fingerprint density at radius 3 is 2.83 bits per heavy atom. The van der Waals surface area contributed by atoms with Crippen molar-refractivity contribution in [2.24, 2.45) is 0 Å². The molecule has 0 bridgehead atoms. The number of aliphatic hydroxyl groups excluding tert-OH is 2. The number of hydrogen-bond acceptors (Lipinski definition) is 7. The lowest BCUT2D eigenvalue weighted by atomic mass is 9.95. The van der Waals surface area contributed by atoms with E-state index in [0.29, 0.717) is 0 Å². The molecule has 1 aliphatic heterocycles. The van der Waals surface area contributed by atoms with Gasteiger partial charge in [-0.25, -0.2) is 4.79 Å². The van der Waals surface area contributed by atoms with Crippen molar-refractivity contribution in [2.75, 3.05) is 12.3 Å². The zero-order chi connectivity index (χ0) is 13.5. The Kier molecular flexibility index (Phi) is 3.11. The molecule has 4 atom stereocenters. The number of anilines is 1. The van der Waals surface area contributed by atoms with Crippen molar-refractivity contribution >= 4 is 5.82 Å².